The predicted octanol–water partition coefficient (Wildman–Crippen LogP) is 5.75. The molecule has 0 atom stereocenters. The van der Waals surface area contributed by atoms with Gasteiger partial charge < -0.3 is 14.2 Å². The van der Waals surface area contributed by atoms with Crippen molar-refractivity contribution in [1.82, 2.24) is 15.1 Å². The van der Waals surface area contributed by atoms with Gasteiger partial charge in [0.2, 0.25) is 0 Å². The second kappa shape index (κ2) is 7.20. The monoisotopic (exact) mass is 374 g/mol. The molecule has 2 aromatic heterocycles. The number of nitriles is 1. The summed E-state index contributed by atoms with van der Waals surface area (Å²) in [5, 5.41) is 13.2. The molecule has 0 radical (unpaired) electrons. The molecular weight excluding hydrogens is 352 g/mol. The van der Waals surface area contributed by atoms with E-state index in [-0.39, 0.29) is 7.43 Å². The summed E-state index contributed by atoms with van der Waals surface area (Å²) in [5.74, 6) is 2.79. The van der Waals surface area contributed by atoms with Crippen LogP contribution in [0.1, 0.15) is 35.8 Å². The Bertz CT molecular complexity index is 1190. The second-order valence-electron chi connectivity index (χ2n) is 6.59. The molecule has 0 amide bonds. The fourth-order valence-corrected chi connectivity index (χ4v) is 3.22. The van der Waals surface area contributed by atoms with E-state index in [1.54, 1.807) is 12.1 Å². The van der Waals surface area contributed by atoms with Crippen molar-refractivity contribution in [3.8, 4) is 28.7 Å². The van der Waals surface area contributed by atoms with Crippen LogP contribution in [0.15, 0.2) is 34.9 Å². The highest BCUT2D eigenvalue weighted by molar-refractivity contribution is 5.88. The van der Waals surface area contributed by atoms with Crippen LogP contribution in [-0.2, 0) is 0 Å². The highest BCUT2D eigenvalue weighted by atomic mass is 16.5. The minimum Gasteiger partial charge on any atom is -0.455 e. The standard InChI is InChI=1S/C21H18N4O2.CH4/c1-11-5-6-15(10-22)7-18(11)26-19-9-16(20-12(2)25-27-13(20)3)8-17-21(19)24-14(4)23-17;/h5-9H,1-4H3,(H,23,24);1H4. The van der Waals surface area contributed by atoms with E-state index < -0.39 is 0 Å². The van der Waals surface area contributed by atoms with E-state index >= 15 is 0 Å². The Morgan fingerprint density at radius 3 is 2.54 bits per heavy atom. The Kier molecular flexibility index (Phi) is 4.93. The van der Waals surface area contributed by atoms with Crippen LogP contribution in [0.4, 0.5) is 0 Å². The third-order valence-electron chi connectivity index (χ3n) is 4.53. The molecule has 0 bridgehead atoms. The molecule has 0 saturated carbocycles. The quantitative estimate of drug-likeness (QED) is 0.493. The summed E-state index contributed by atoms with van der Waals surface area (Å²) in [6.45, 7) is 7.65. The number of H-pyrrole nitrogens is 1. The van der Waals surface area contributed by atoms with Crippen molar-refractivity contribution in [3.05, 3.63) is 58.7 Å². The molecule has 28 heavy (non-hydrogen) atoms. The molecule has 2 aromatic carbocycles. The van der Waals surface area contributed by atoms with Crippen LogP contribution in [0.2, 0.25) is 0 Å². The zero-order valence-electron chi connectivity index (χ0n) is 15.5. The SMILES string of the molecule is C.Cc1nc2c(Oc3cc(C#N)ccc3C)cc(-c3c(C)noc3C)cc2[nH]1. The number of imidazole rings is 1. The Balaban J connectivity index is 0.00000225. The van der Waals surface area contributed by atoms with Gasteiger partial charge in [-0.25, -0.2) is 4.98 Å². The lowest BCUT2D eigenvalue weighted by atomic mass is 10.0. The van der Waals surface area contributed by atoms with Gasteiger partial charge >= 0.3 is 0 Å². The average Bonchev–Trinajstić information content (AvgIpc) is 3.18. The summed E-state index contributed by atoms with van der Waals surface area (Å²) in [6.07, 6.45) is 0. The van der Waals surface area contributed by atoms with Gasteiger partial charge in [-0.1, -0.05) is 18.6 Å². The topological polar surface area (TPSA) is 87.7 Å². The molecule has 2 heterocycles. The zero-order chi connectivity index (χ0) is 19.1. The molecule has 4 rings (SSSR count). The van der Waals surface area contributed by atoms with E-state index in [0.29, 0.717) is 17.1 Å². The smallest absolute Gasteiger partial charge is 0.155 e. The normalized spacial score (nSPS) is 10.5. The lowest BCUT2D eigenvalue weighted by Crippen LogP contribution is -1.92. The number of nitrogens with one attached hydrogen (secondary N) is 1. The van der Waals surface area contributed by atoms with Crippen molar-refractivity contribution in [2.75, 3.05) is 0 Å². The number of fused-ring (bicyclic) bond motifs is 1. The van der Waals surface area contributed by atoms with Crippen LogP contribution in [0.25, 0.3) is 22.2 Å². The molecule has 0 aliphatic carbocycles. The first-order valence-electron chi connectivity index (χ1n) is 8.58. The van der Waals surface area contributed by atoms with Gasteiger partial charge in [0.25, 0.3) is 0 Å². The molecule has 0 aliphatic rings. The van der Waals surface area contributed by atoms with Crippen molar-refractivity contribution < 1.29 is 9.26 Å². The lowest BCUT2D eigenvalue weighted by molar-refractivity contribution is 0.393. The van der Waals surface area contributed by atoms with Gasteiger partial charge in [-0.15, -0.1) is 0 Å². The molecule has 1 N–H and O–H groups in total. The average molecular weight is 374 g/mol. The number of aryl methyl sites for hydroxylation is 4. The first-order chi connectivity index (χ1) is 13.0. The summed E-state index contributed by atoms with van der Waals surface area (Å²) >= 11 is 0. The molecule has 4 aromatic rings. The first-order valence-corrected chi connectivity index (χ1v) is 8.58. The minimum absolute atomic E-state index is 0. The van der Waals surface area contributed by atoms with E-state index in [4.69, 9.17) is 9.26 Å². The maximum atomic E-state index is 9.18. The van der Waals surface area contributed by atoms with Gasteiger partial charge in [0.05, 0.1) is 22.8 Å². The summed E-state index contributed by atoms with van der Waals surface area (Å²) in [7, 11) is 0. The van der Waals surface area contributed by atoms with E-state index in [9.17, 15) is 5.26 Å². The Morgan fingerprint density at radius 2 is 1.86 bits per heavy atom. The van der Waals surface area contributed by atoms with Crippen molar-refractivity contribution >= 4 is 11.0 Å². The number of benzene rings is 2. The van der Waals surface area contributed by atoms with Crippen molar-refractivity contribution in [2.45, 2.75) is 35.1 Å². The van der Waals surface area contributed by atoms with Crippen LogP contribution in [0.3, 0.4) is 0 Å². The number of hydrogen-bond acceptors (Lipinski definition) is 5. The minimum atomic E-state index is 0. The Morgan fingerprint density at radius 1 is 1.07 bits per heavy atom. The number of rotatable bonds is 3. The van der Waals surface area contributed by atoms with E-state index in [0.717, 1.165) is 45.0 Å². The Labute approximate surface area is 163 Å². The molecule has 0 saturated heterocycles. The fourth-order valence-electron chi connectivity index (χ4n) is 3.22. The molecule has 0 aliphatic heterocycles. The van der Waals surface area contributed by atoms with Gasteiger partial charge in [-0.05, 0) is 63.1 Å². The molecule has 0 fully saturated rings. The molecule has 0 spiro atoms. The highest BCUT2D eigenvalue weighted by Gasteiger charge is 2.17. The maximum Gasteiger partial charge on any atom is 0.155 e. The number of aromatic nitrogens is 3. The Hall–Kier alpha value is -3.59. The van der Waals surface area contributed by atoms with Gasteiger partial charge in [0, 0.05) is 5.56 Å². The number of aromatic amines is 1. The van der Waals surface area contributed by atoms with Gasteiger partial charge in [0.15, 0.2) is 5.75 Å². The molecule has 0 unspecified atom stereocenters. The summed E-state index contributed by atoms with van der Waals surface area (Å²) in [5.41, 5.74) is 5.79. The molecule has 6 nitrogen and oxygen atoms in total. The fraction of sp³-hybridized carbons (Fsp3) is 0.227. The van der Waals surface area contributed by atoms with Gasteiger partial charge in [0.1, 0.15) is 22.9 Å². The van der Waals surface area contributed by atoms with Crippen LogP contribution in [-0.4, -0.2) is 15.1 Å². The van der Waals surface area contributed by atoms with Crippen LogP contribution >= 0.6 is 0 Å². The van der Waals surface area contributed by atoms with Gasteiger partial charge in [-0.2, -0.15) is 5.26 Å². The summed E-state index contributed by atoms with van der Waals surface area (Å²) < 4.78 is 11.5. The maximum absolute atomic E-state index is 9.18. The largest absolute Gasteiger partial charge is 0.455 e. The van der Waals surface area contributed by atoms with Crippen LogP contribution < -0.4 is 4.74 Å². The van der Waals surface area contributed by atoms with Crippen molar-refractivity contribution in [2.24, 2.45) is 0 Å². The zero-order valence-corrected chi connectivity index (χ0v) is 15.5. The third kappa shape index (κ3) is 3.23. The van der Waals surface area contributed by atoms with E-state index in [2.05, 4.69) is 21.2 Å². The highest BCUT2D eigenvalue weighted by Crippen LogP contribution is 2.37. The van der Waals surface area contributed by atoms with Crippen LogP contribution in [0.5, 0.6) is 11.5 Å². The number of hydrogen-bond donors (Lipinski definition) is 1. The molecular formula is C22H22N4O2. The van der Waals surface area contributed by atoms with Crippen LogP contribution in [0, 0.1) is 39.0 Å². The predicted molar refractivity (Wildman–Crippen MR) is 109 cm³/mol. The second-order valence-corrected chi connectivity index (χ2v) is 6.59. The van der Waals surface area contributed by atoms with E-state index in [1.165, 1.54) is 0 Å². The number of ether oxygens (including phenoxy) is 1. The molecule has 142 valence electrons. The summed E-state index contributed by atoms with van der Waals surface area (Å²) in [6, 6.07) is 11.5. The number of nitrogens with zero attached hydrogens (tertiary/aromatic N) is 3. The lowest BCUT2D eigenvalue weighted by Gasteiger charge is -2.11. The van der Waals surface area contributed by atoms with Crippen molar-refractivity contribution in [3.63, 3.8) is 0 Å². The summed E-state index contributed by atoms with van der Waals surface area (Å²) in [4.78, 5) is 7.83. The molecule has 6 heteroatoms. The van der Waals surface area contributed by atoms with Crippen molar-refractivity contribution in [1.29, 1.82) is 5.26 Å². The first kappa shape index (κ1) is 19.2. The van der Waals surface area contributed by atoms with E-state index in [1.807, 2.05) is 45.9 Å². The van der Waals surface area contributed by atoms with Gasteiger partial charge in [-0.3, -0.25) is 0 Å². The third-order valence-corrected chi connectivity index (χ3v) is 4.53.